The lowest BCUT2D eigenvalue weighted by Gasteiger charge is -2.27. The number of benzene rings is 2. The van der Waals surface area contributed by atoms with Crippen LogP contribution in [0, 0.1) is 12.3 Å². The van der Waals surface area contributed by atoms with Crippen molar-refractivity contribution in [1.82, 2.24) is 14.9 Å². The van der Waals surface area contributed by atoms with Crippen LogP contribution in [-0.4, -0.2) is 21.4 Å². The molecule has 1 aliphatic rings. The van der Waals surface area contributed by atoms with E-state index in [2.05, 4.69) is 15.8 Å². The van der Waals surface area contributed by atoms with Crippen LogP contribution >= 0.6 is 11.6 Å². The van der Waals surface area contributed by atoms with Crippen molar-refractivity contribution in [3.63, 3.8) is 0 Å². The number of aromatic amines is 1. The first-order valence-corrected chi connectivity index (χ1v) is 9.16. The zero-order valence-corrected chi connectivity index (χ0v) is 15.5. The van der Waals surface area contributed by atoms with Gasteiger partial charge in [-0.1, -0.05) is 29.7 Å². The minimum absolute atomic E-state index is 0.0719. The molecule has 0 fully saturated rings. The summed E-state index contributed by atoms with van der Waals surface area (Å²) in [4.78, 5) is 22.5. The Hall–Kier alpha value is -2.87. The van der Waals surface area contributed by atoms with Crippen LogP contribution in [0.25, 0.3) is 11.4 Å². The molecule has 3 aromatic rings. The van der Waals surface area contributed by atoms with Gasteiger partial charge < -0.3 is 4.98 Å². The Morgan fingerprint density at radius 3 is 2.59 bits per heavy atom. The van der Waals surface area contributed by atoms with Gasteiger partial charge in [-0.15, -0.1) is 6.42 Å². The first-order chi connectivity index (χ1) is 13.1. The number of nitrogens with one attached hydrogen (secondary N) is 1. The summed E-state index contributed by atoms with van der Waals surface area (Å²) in [5.74, 6) is 3.22. The summed E-state index contributed by atoms with van der Waals surface area (Å²) in [5.41, 5.74) is 4.47. The fourth-order valence-electron chi connectivity index (χ4n) is 3.32. The van der Waals surface area contributed by atoms with E-state index in [1.807, 2.05) is 36.4 Å². The Balaban J connectivity index is 1.55. The third-order valence-electron chi connectivity index (χ3n) is 4.79. The first kappa shape index (κ1) is 17.5. The van der Waals surface area contributed by atoms with Crippen LogP contribution in [0.1, 0.15) is 22.4 Å². The molecule has 0 saturated carbocycles. The van der Waals surface area contributed by atoms with E-state index in [9.17, 15) is 4.79 Å². The minimum atomic E-state index is -0.0719. The highest BCUT2D eigenvalue weighted by Crippen LogP contribution is 2.21. The Morgan fingerprint density at radius 1 is 1.15 bits per heavy atom. The highest BCUT2D eigenvalue weighted by Gasteiger charge is 2.21. The summed E-state index contributed by atoms with van der Waals surface area (Å²) >= 11 is 5.94. The van der Waals surface area contributed by atoms with Gasteiger partial charge in [-0.25, -0.2) is 4.98 Å². The lowest BCUT2D eigenvalue weighted by molar-refractivity contribution is 0.242. The Labute approximate surface area is 162 Å². The maximum Gasteiger partial charge on any atom is 0.255 e. The average Bonchev–Trinajstić information content (AvgIpc) is 2.69. The number of terminal acetylenes is 1. The molecule has 1 aliphatic heterocycles. The second-order valence-corrected chi connectivity index (χ2v) is 7.09. The highest BCUT2D eigenvalue weighted by atomic mass is 35.5. The number of hydrogen-bond donors (Lipinski definition) is 1. The largest absolute Gasteiger partial charge is 0.306 e. The monoisotopic (exact) mass is 375 g/mol. The van der Waals surface area contributed by atoms with E-state index in [0.29, 0.717) is 17.4 Å². The van der Waals surface area contributed by atoms with Crippen molar-refractivity contribution in [2.75, 3.05) is 6.54 Å². The molecular formula is C22H18ClN3O. The van der Waals surface area contributed by atoms with Gasteiger partial charge in [0.25, 0.3) is 5.56 Å². The standard InChI is InChI=1S/C22H18ClN3O/c1-2-15-3-5-16(6-4-15)13-26-12-11-20-19(14-26)22(27)25-21(24-20)17-7-9-18(23)10-8-17/h1,3-10H,11-14H2,(H,24,25,27). The summed E-state index contributed by atoms with van der Waals surface area (Å²) in [6.07, 6.45) is 6.16. The van der Waals surface area contributed by atoms with E-state index < -0.39 is 0 Å². The van der Waals surface area contributed by atoms with Crippen molar-refractivity contribution >= 4 is 11.6 Å². The number of fused-ring (bicyclic) bond motifs is 1. The van der Waals surface area contributed by atoms with Crippen molar-refractivity contribution in [1.29, 1.82) is 0 Å². The van der Waals surface area contributed by atoms with Crippen LogP contribution in [0.15, 0.2) is 53.3 Å². The SMILES string of the molecule is C#Cc1ccc(CN2CCc3nc(-c4ccc(Cl)cc4)[nH]c(=O)c3C2)cc1. The highest BCUT2D eigenvalue weighted by molar-refractivity contribution is 6.30. The van der Waals surface area contributed by atoms with Gasteiger partial charge in [0.05, 0.1) is 11.3 Å². The number of halogens is 1. The summed E-state index contributed by atoms with van der Waals surface area (Å²) in [6, 6.07) is 15.3. The van der Waals surface area contributed by atoms with Crippen molar-refractivity contribution in [3.8, 4) is 23.7 Å². The maximum atomic E-state index is 12.6. The Morgan fingerprint density at radius 2 is 1.89 bits per heavy atom. The molecule has 2 heterocycles. The molecule has 1 N–H and O–H groups in total. The van der Waals surface area contributed by atoms with Crippen molar-refractivity contribution in [2.24, 2.45) is 0 Å². The van der Waals surface area contributed by atoms with Crippen LogP contribution in [0.2, 0.25) is 5.02 Å². The molecule has 5 heteroatoms. The third kappa shape index (κ3) is 3.80. The Bertz CT molecular complexity index is 1060. The van der Waals surface area contributed by atoms with E-state index >= 15 is 0 Å². The molecule has 0 bridgehead atoms. The summed E-state index contributed by atoms with van der Waals surface area (Å²) in [7, 11) is 0. The summed E-state index contributed by atoms with van der Waals surface area (Å²) in [6.45, 7) is 2.23. The predicted octanol–water partition coefficient (Wildman–Crippen LogP) is 3.63. The molecule has 27 heavy (non-hydrogen) atoms. The fourth-order valence-corrected chi connectivity index (χ4v) is 3.45. The smallest absolute Gasteiger partial charge is 0.255 e. The molecule has 0 atom stereocenters. The van der Waals surface area contributed by atoms with Crippen LogP contribution in [0.3, 0.4) is 0 Å². The zero-order chi connectivity index (χ0) is 18.8. The van der Waals surface area contributed by atoms with Crippen molar-refractivity contribution in [2.45, 2.75) is 19.5 Å². The number of aromatic nitrogens is 2. The number of rotatable bonds is 3. The van der Waals surface area contributed by atoms with Crippen LogP contribution in [-0.2, 0) is 19.5 Å². The second-order valence-electron chi connectivity index (χ2n) is 6.65. The van der Waals surface area contributed by atoms with E-state index in [-0.39, 0.29) is 5.56 Å². The Kier molecular flexibility index (Phi) is 4.81. The number of H-pyrrole nitrogens is 1. The van der Waals surface area contributed by atoms with E-state index in [1.54, 1.807) is 12.1 Å². The van der Waals surface area contributed by atoms with Gasteiger partial charge in [0.15, 0.2) is 0 Å². The van der Waals surface area contributed by atoms with E-state index in [0.717, 1.165) is 41.9 Å². The molecule has 0 radical (unpaired) electrons. The molecule has 134 valence electrons. The van der Waals surface area contributed by atoms with Gasteiger partial charge in [-0.05, 0) is 42.0 Å². The van der Waals surface area contributed by atoms with Crippen LogP contribution in [0.4, 0.5) is 0 Å². The predicted molar refractivity (Wildman–Crippen MR) is 107 cm³/mol. The normalized spacial score (nSPS) is 13.8. The average molecular weight is 376 g/mol. The molecular weight excluding hydrogens is 358 g/mol. The molecule has 0 amide bonds. The van der Waals surface area contributed by atoms with Gasteiger partial charge in [0.1, 0.15) is 5.82 Å². The van der Waals surface area contributed by atoms with Crippen LogP contribution < -0.4 is 5.56 Å². The van der Waals surface area contributed by atoms with Crippen molar-refractivity contribution in [3.05, 3.63) is 86.3 Å². The lowest BCUT2D eigenvalue weighted by atomic mass is 10.0. The number of hydrogen-bond acceptors (Lipinski definition) is 3. The van der Waals surface area contributed by atoms with Crippen LogP contribution in [0.5, 0.6) is 0 Å². The van der Waals surface area contributed by atoms with Gasteiger partial charge in [0.2, 0.25) is 0 Å². The molecule has 0 aliphatic carbocycles. The van der Waals surface area contributed by atoms with Gasteiger partial charge in [0, 0.05) is 42.2 Å². The summed E-state index contributed by atoms with van der Waals surface area (Å²) < 4.78 is 0. The second kappa shape index (κ2) is 7.40. The van der Waals surface area contributed by atoms with Crippen molar-refractivity contribution < 1.29 is 0 Å². The quantitative estimate of drug-likeness (QED) is 0.711. The van der Waals surface area contributed by atoms with E-state index in [1.165, 1.54) is 5.56 Å². The molecule has 1 aromatic heterocycles. The summed E-state index contributed by atoms with van der Waals surface area (Å²) in [5, 5.41) is 0.657. The van der Waals surface area contributed by atoms with E-state index in [4.69, 9.17) is 23.0 Å². The topological polar surface area (TPSA) is 49.0 Å². The molecule has 0 saturated heterocycles. The van der Waals surface area contributed by atoms with Gasteiger partial charge in [-0.2, -0.15) is 0 Å². The zero-order valence-electron chi connectivity index (χ0n) is 14.7. The molecule has 2 aromatic carbocycles. The first-order valence-electron chi connectivity index (χ1n) is 8.78. The molecule has 4 rings (SSSR count). The van der Waals surface area contributed by atoms with Gasteiger partial charge in [-0.3, -0.25) is 9.69 Å². The molecule has 0 spiro atoms. The number of nitrogens with zero attached hydrogens (tertiary/aromatic N) is 2. The molecule has 4 nitrogen and oxygen atoms in total. The minimum Gasteiger partial charge on any atom is -0.306 e. The fraction of sp³-hybridized carbons (Fsp3) is 0.182. The van der Waals surface area contributed by atoms with Gasteiger partial charge >= 0.3 is 0 Å². The maximum absolute atomic E-state index is 12.6. The third-order valence-corrected chi connectivity index (χ3v) is 5.04. The molecule has 0 unspecified atom stereocenters. The lowest BCUT2D eigenvalue weighted by Crippen LogP contribution is -2.35.